The average Bonchev–Trinajstić information content (AvgIpc) is 3.43. The van der Waals surface area contributed by atoms with E-state index in [0.717, 1.165) is 23.1 Å². The van der Waals surface area contributed by atoms with E-state index in [2.05, 4.69) is 82.3 Å². The van der Waals surface area contributed by atoms with Crippen LogP contribution in [-0.4, -0.2) is 50.1 Å². The first kappa shape index (κ1) is 37.8. The van der Waals surface area contributed by atoms with Crippen molar-refractivity contribution in [3.63, 3.8) is 0 Å². The monoisotopic (exact) mass is 739 g/mol. The van der Waals surface area contributed by atoms with Crippen molar-refractivity contribution >= 4 is 49.4 Å². The maximum absolute atomic E-state index is 14.4. The lowest BCUT2D eigenvalue weighted by Gasteiger charge is -2.46. The number of para-hydroxylation sites is 1. The van der Waals surface area contributed by atoms with Gasteiger partial charge < -0.3 is 19.2 Å². The van der Waals surface area contributed by atoms with Crippen LogP contribution in [0.1, 0.15) is 58.9 Å². The Kier molecular flexibility index (Phi) is 11.0. The van der Waals surface area contributed by atoms with E-state index < -0.39 is 33.4 Å². The first-order valence-electron chi connectivity index (χ1n) is 19.2. The van der Waals surface area contributed by atoms with Crippen molar-refractivity contribution in [2.24, 2.45) is 17.8 Å². The van der Waals surface area contributed by atoms with Crippen LogP contribution in [0.2, 0.25) is 11.4 Å². The normalized spacial score (nSPS) is 22.1. The van der Waals surface area contributed by atoms with Crippen LogP contribution in [0.4, 0.5) is 5.69 Å². The van der Waals surface area contributed by atoms with Crippen LogP contribution in [0.3, 0.4) is 0 Å². The molecule has 0 saturated carbocycles. The Hall–Kier alpha value is -4.54. The Morgan fingerprint density at radius 2 is 1.46 bits per heavy atom. The van der Waals surface area contributed by atoms with Crippen molar-refractivity contribution in [1.29, 1.82) is 0 Å². The zero-order chi connectivity index (χ0) is 38.0. The summed E-state index contributed by atoms with van der Waals surface area (Å²) in [5.41, 5.74) is 4.80. The van der Waals surface area contributed by atoms with Gasteiger partial charge in [0.2, 0.25) is 11.8 Å². The number of hydrogen-bond acceptors (Lipinski definition) is 6. The van der Waals surface area contributed by atoms with E-state index >= 15 is 0 Å². The minimum Gasteiger partial charge on any atom is -0.508 e. The molecule has 4 aromatic rings. The maximum Gasteiger partial charge on any atom is 0.455 e. The van der Waals surface area contributed by atoms with Crippen LogP contribution in [0, 0.1) is 17.8 Å². The lowest BCUT2D eigenvalue weighted by atomic mass is 9.58. The summed E-state index contributed by atoms with van der Waals surface area (Å²) >= 11 is 0. The summed E-state index contributed by atoms with van der Waals surface area (Å²) in [4.78, 5) is 30.1. The summed E-state index contributed by atoms with van der Waals surface area (Å²) in [7, 11) is -4.03. The van der Waals surface area contributed by atoms with E-state index in [4.69, 9.17) is 9.08 Å². The molecular weight excluding hydrogens is 689 g/mol. The van der Waals surface area contributed by atoms with Gasteiger partial charge in [-0.05, 0) is 94.3 Å². The molecule has 0 unspecified atom stereocenters. The Morgan fingerprint density at radius 1 is 0.870 bits per heavy atom. The van der Waals surface area contributed by atoms with E-state index in [-0.39, 0.29) is 41.4 Å². The van der Waals surface area contributed by atoms with Gasteiger partial charge in [-0.3, -0.25) is 14.5 Å². The largest absolute Gasteiger partial charge is 0.508 e. The number of allylic oxidation sites excluding steroid dienone is 1. The van der Waals surface area contributed by atoms with E-state index in [1.165, 1.54) is 20.8 Å². The summed E-state index contributed by atoms with van der Waals surface area (Å²) < 4.78 is 13.9. The summed E-state index contributed by atoms with van der Waals surface area (Å²) in [6, 6.07) is 37.4. The van der Waals surface area contributed by atoms with Crippen LogP contribution in [0.25, 0.3) is 6.08 Å². The zero-order valence-electron chi connectivity index (χ0n) is 31.7. The molecule has 9 heteroatoms. The highest BCUT2D eigenvalue weighted by molar-refractivity contribution is 6.99. The molecule has 2 fully saturated rings. The summed E-state index contributed by atoms with van der Waals surface area (Å²) in [6.45, 7) is 9.17. The quantitative estimate of drug-likeness (QED) is 0.0938. The van der Waals surface area contributed by atoms with Crippen molar-refractivity contribution in [1.82, 2.24) is 0 Å². The predicted molar refractivity (Wildman–Crippen MR) is 218 cm³/mol. The number of hydrogen-bond donors (Lipinski definition) is 2. The molecule has 4 atom stereocenters. The molecule has 54 heavy (non-hydrogen) atoms. The minimum absolute atomic E-state index is 0.194. The molecule has 2 heterocycles. The molecule has 0 aromatic heterocycles. The van der Waals surface area contributed by atoms with Gasteiger partial charge in [0.05, 0.1) is 30.2 Å². The second-order valence-corrected chi connectivity index (χ2v) is 20.2. The van der Waals surface area contributed by atoms with Gasteiger partial charge in [0, 0.05) is 0 Å². The molecule has 0 spiro atoms. The van der Waals surface area contributed by atoms with Crippen molar-refractivity contribution < 1.29 is 28.8 Å². The fraction of sp³-hybridized carbons (Fsp3) is 0.333. The summed E-state index contributed by atoms with van der Waals surface area (Å²) in [5.74, 6) is -1.70. The number of imide groups is 1. The van der Waals surface area contributed by atoms with E-state index in [9.17, 15) is 19.7 Å². The van der Waals surface area contributed by atoms with Crippen LogP contribution in [-0.2, 0) is 18.7 Å². The molecule has 4 aromatic carbocycles. The second-order valence-electron chi connectivity index (χ2n) is 15.9. The van der Waals surface area contributed by atoms with E-state index in [0.29, 0.717) is 24.9 Å². The highest BCUT2D eigenvalue weighted by atomic mass is 28.4. The summed E-state index contributed by atoms with van der Waals surface area (Å²) in [6.07, 6.45) is 4.46. The number of aromatic hydroxyl groups is 1. The number of phenolic OH excluding ortho intramolecular Hbond substituents is 1. The van der Waals surface area contributed by atoms with Gasteiger partial charge in [0.1, 0.15) is 5.75 Å². The van der Waals surface area contributed by atoms with Crippen LogP contribution in [0.5, 0.6) is 5.75 Å². The van der Waals surface area contributed by atoms with Gasteiger partial charge in [0.25, 0.3) is 8.32 Å². The number of phenols is 1. The number of carbonyl (C=O) groups is 2. The minimum atomic E-state index is -2.96. The molecule has 278 valence electrons. The number of carbonyl (C=O) groups excluding carboxylic acids is 2. The number of rotatable bonds is 11. The lowest BCUT2D eigenvalue weighted by molar-refractivity contribution is -0.122. The number of fused-ring (bicyclic) bond motifs is 3. The molecule has 7 rings (SSSR count). The Bertz CT molecular complexity index is 1970. The second kappa shape index (κ2) is 15.7. The molecule has 2 N–H and O–H groups in total. The zero-order valence-corrected chi connectivity index (χ0v) is 32.7. The molecule has 1 aliphatic carbocycles. The molecule has 2 saturated heterocycles. The van der Waals surface area contributed by atoms with Gasteiger partial charge in [-0.25, -0.2) is 0 Å². The average molecular weight is 740 g/mol. The predicted octanol–water partition coefficient (Wildman–Crippen LogP) is 7.54. The lowest BCUT2D eigenvalue weighted by Crippen LogP contribution is -2.66. The summed E-state index contributed by atoms with van der Waals surface area (Å²) in [5, 5.41) is 23.2. The standard InChI is InChI=1S/C45H50BNO6Si/c1-5-31(27-32-21-24-35(48)25-22-32)23-26-40-41-33(30-52-54(45(2,3)4,36-17-11-7-12-18-36)37-19-13-8-14-20-37)28-38-42(39(41)29-46(51)53-40)44(50)47(43(38)49)34-15-9-6-10-16-34/h6-22,24-25,27,38-40,42,48,51H,5,23,26,28-30H2,1-4H3/b31-27+/t38-,39+,40-,42-/m1/s1. The third-order valence-electron chi connectivity index (χ3n) is 11.6. The third-order valence-corrected chi connectivity index (χ3v) is 16.6. The topological polar surface area (TPSA) is 96.3 Å². The Balaban J connectivity index is 1.31. The number of nitrogens with zero attached hydrogens (tertiary/aromatic N) is 1. The first-order chi connectivity index (χ1) is 26.0. The highest BCUT2D eigenvalue weighted by Gasteiger charge is 2.58. The van der Waals surface area contributed by atoms with Gasteiger partial charge in [-0.1, -0.05) is 130 Å². The van der Waals surface area contributed by atoms with Gasteiger partial charge in [-0.15, -0.1) is 0 Å². The van der Waals surface area contributed by atoms with Crippen molar-refractivity contribution in [2.45, 2.75) is 70.8 Å². The Labute approximate surface area is 320 Å². The molecular formula is C45H50BNO6Si. The van der Waals surface area contributed by atoms with Crippen LogP contribution < -0.4 is 15.3 Å². The SMILES string of the molecule is CC/C(=C\c1ccc(O)cc1)CC[C@H]1OB(O)C[C@H]2C1=C(CO[Si](c1ccccc1)(c1ccccc1)C(C)(C)C)C[C@H]1C(=O)N(c3ccccc3)C(=O)[C@H]12. The highest BCUT2D eigenvalue weighted by Crippen LogP contribution is 2.52. The fourth-order valence-corrected chi connectivity index (χ4v) is 13.7. The van der Waals surface area contributed by atoms with Crippen LogP contribution >= 0.6 is 0 Å². The molecule has 0 bridgehead atoms. The molecule has 2 amide bonds. The maximum atomic E-state index is 14.4. The molecule has 3 aliphatic rings. The fourth-order valence-electron chi connectivity index (χ4n) is 9.16. The van der Waals surface area contributed by atoms with Crippen molar-refractivity contribution in [3.8, 4) is 5.75 Å². The third kappa shape index (κ3) is 7.18. The molecule has 2 aliphatic heterocycles. The van der Waals surface area contributed by atoms with E-state index in [1.807, 2.05) is 54.6 Å². The number of benzene rings is 4. The number of amides is 2. The van der Waals surface area contributed by atoms with Crippen molar-refractivity contribution in [2.75, 3.05) is 11.5 Å². The smallest absolute Gasteiger partial charge is 0.455 e. The van der Waals surface area contributed by atoms with Gasteiger partial charge in [0.15, 0.2) is 0 Å². The first-order valence-corrected chi connectivity index (χ1v) is 21.1. The Morgan fingerprint density at radius 3 is 2.04 bits per heavy atom. The van der Waals surface area contributed by atoms with Crippen LogP contribution in [0.15, 0.2) is 132 Å². The molecule has 7 nitrogen and oxygen atoms in total. The van der Waals surface area contributed by atoms with E-state index in [1.54, 1.807) is 12.1 Å². The van der Waals surface area contributed by atoms with Gasteiger partial charge >= 0.3 is 7.12 Å². The number of anilines is 1. The molecule has 0 radical (unpaired) electrons. The van der Waals surface area contributed by atoms with Crippen molar-refractivity contribution in [3.05, 3.63) is 138 Å². The van der Waals surface area contributed by atoms with Gasteiger partial charge in [-0.2, -0.15) is 0 Å².